The lowest BCUT2D eigenvalue weighted by Gasteiger charge is -2.22. The zero-order valence-corrected chi connectivity index (χ0v) is 13.1. The second-order valence-electron chi connectivity index (χ2n) is 5.71. The van der Waals surface area contributed by atoms with Crippen molar-refractivity contribution in [3.63, 3.8) is 0 Å². The third-order valence-electron chi connectivity index (χ3n) is 2.80. The summed E-state index contributed by atoms with van der Waals surface area (Å²) >= 11 is 6.27. The molecular weight excluding hydrogens is 258 g/mol. The molecule has 1 aromatic carbocycles. The molecule has 0 aromatic heterocycles. The summed E-state index contributed by atoms with van der Waals surface area (Å²) < 4.78 is 5.81. The van der Waals surface area contributed by atoms with E-state index in [4.69, 9.17) is 16.3 Å². The van der Waals surface area contributed by atoms with Crippen LogP contribution < -0.4 is 10.1 Å². The van der Waals surface area contributed by atoms with Gasteiger partial charge in [0.25, 0.3) is 0 Å². The van der Waals surface area contributed by atoms with Crippen molar-refractivity contribution in [1.29, 1.82) is 0 Å². The average molecular weight is 282 g/mol. The number of ether oxygens (including phenoxy) is 1. The van der Waals surface area contributed by atoms with Gasteiger partial charge in [0.1, 0.15) is 12.4 Å². The molecule has 0 saturated heterocycles. The molecule has 2 nitrogen and oxygen atoms in total. The molecule has 0 aliphatic rings. The van der Waals surface area contributed by atoms with Crippen LogP contribution in [0.2, 0.25) is 5.02 Å². The van der Waals surface area contributed by atoms with Crippen LogP contribution in [-0.4, -0.2) is 12.1 Å². The molecule has 3 heteroatoms. The maximum atomic E-state index is 6.27. The van der Waals surface area contributed by atoms with Crippen LogP contribution in [-0.2, 0) is 6.54 Å². The molecule has 1 N–H and O–H groups in total. The summed E-state index contributed by atoms with van der Waals surface area (Å²) in [6.07, 6.45) is 0.927. The van der Waals surface area contributed by atoms with Crippen LogP contribution in [0.5, 0.6) is 5.75 Å². The van der Waals surface area contributed by atoms with Gasteiger partial charge in [0.2, 0.25) is 0 Å². The number of nitrogens with one attached hydrogen (secondary N) is 1. The summed E-state index contributed by atoms with van der Waals surface area (Å²) in [6.45, 7) is 13.6. The van der Waals surface area contributed by atoms with Gasteiger partial charge in [0.15, 0.2) is 0 Å². The molecule has 19 heavy (non-hydrogen) atoms. The number of hydrogen-bond donors (Lipinski definition) is 1. The Morgan fingerprint density at radius 1 is 1.37 bits per heavy atom. The zero-order chi connectivity index (χ0) is 14.5. The van der Waals surface area contributed by atoms with E-state index in [1.807, 2.05) is 18.2 Å². The first kappa shape index (κ1) is 16.1. The van der Waals surface area contributed by atoms with Gasteiger partial charge in [-0.2, -0.15) is 0 Å². The second-order valence-corrected chi connectivity index (χ2v) is 6.12. The number of rotatable bonds is 6. The molecule has 0 bridgehead atoms. The standard InChI is InChI=1S/C16H24ClNO/c1-6-12(2)11-19-15-9-7-8-14(17)13(15)10-18-16(3,4)5/h7-9,18H,2,6,10-11H2,1,3-5H3. The van der Waals surface area contributed by atoms with Crippen LogP contribution in [0.25, 0.3) is 0 Å². The minimum absolute atomic E-state index is 0.0451. The minimum Gasteiger partial charge on any atom is -0.489 e. The Balaban J connectivity index is 2.80. The van der Waals surface area contributed by atoms with Gasteiger partial charge < -0.3 is 10.1 Å². The normalized spacial score (nSPS) is 11.4. The smallest absolute Gasteiger partial charge is 0.125 e. The molecule has 0 radical (unpaired) electrons. The first-order valence-electron chi connectivity index (χ1n) is 6.65. The molecule has 0 fully saturated rings. The molecule has 0 heterocycles. The molecule has 0 spiro atoms. The summed E-state index contributed by atoms with van der Waals surface area (Å²) in [5.41, 5.74) is 2.13. The third-order valence-corrected chi connectivity index (χ3v) is 3.16. The van der Waals surface area contributed by atoms with Gasteiger partial charge in [-0.3, -0.25) is 0 Å². The largest absolute Gasteiger partial charge is 0.489 e. The lowest BCUT2D eigenvalue weighted by molar-refractivity contribution is 0.340. The van der Waals surface area contributed by atoms with Gasteiger partial charge >= 0.3 is 0 Å². The van der Waals surface area contributed by atoms with Gasteiger partial charge in [-0.05, 0) is 44.9 Å². The SMILES string of the molecule is C=C(CC)COc1cccc(Cl)c1CNC(C)(C)C. The van der Waals surface area contributed by atoms with Crippen molar-refractivity contribution in [2.75, 3.05) is 6.61 Å². The van der Waals surface area contributed by atoms with Crippen molar-refractivity contribution in [3.05, 3.63) is 40.9 Å². The van der Waals surface area contributed by atoms with Crippen molar-refractivity contribution in [1.82, 2.24) is 5.32 Å². The van der Waals surface area contributed by atoms with E-state index >= 15 is 0 Å². The Bertz CT molecular complexity index is 435. The van der Waals surface area contributed by atoms with Crippen LogP contribution in [0.3, 0.4) is 0 Å². The first-order valence-corrected chi connectivity index (χ1v) is 7.03. The van der Waals surface area contributed by atoms with Gasteiger partial charge in [0.05, 0.1) is 0 Å². The Hall–Kier alpha value is -0.990. The van der Waals surface area contributed by atoms with Gasteiger partial charge in [-0.1, -0.05) is 31.2 Å². The molecule has 0 amide bonds. The van der Waals surface area contributed by atoms with Crippen molar-refractivity contribution >= 4 is 11.6 Å². The van der Waals surface area contributed by atoms with E-state index in [1.165, 1.54) is 0 Å². The lowest BCUT2D eigenvalue weighted by atomic mass is 10.1. The van der Waals surface area contributed by atoms with E-state index in [1.54, 1.807) is 0 Å². The highest BCUT2D eigenvalue weighted by Crippen LogP contribution is 2.27. The van der Waals surface area contributed by atoms with Gasteiger partial charge in [0, 0.05) is 22.7 Å². The molecular formula is C16H24ClNO. The summed E-state index contributed by atoms with van der Waals surface area (Å²) in [5, 5.41) is 4.17. The zero-order valence-electron chi connectivity index (χ0n) is 12.3. The molecule has 106 valence electrons. The predicted octanol–water partition coefficient (Wildman–Crippen LogP) is 4.57. The molecule has 1 rings (SSSR count). The average Bonchev–Trinajstić information content (AvgIpc) is 2.33. The maximum absolute atomic E-state index is 6.27. The van der Waals surface area contributed by atoms with E-state index in [0.29, 0.717) is 13.2 Å². The molecule has 0 atom stereocenters. The quantitative estimate of drug-likeness (QED) is 0.771. The van der Waals surface area contributed by atoms with Crippen molar-refractivity contribution in [2.24, 2.45) is 0 Å². The van der Waals surface area contributed by atoms with E-state index in [2.05, 4.69) is 39.6 Å². The summed E-state index contributed by atoms with van der Waals surface area (Å²) in [7, 11) is 0. The fourth-order valence-corrected chi connectivity index (χ4v) is 1.71. The molecule has 0 aliphatic carbocycles. The van der Waals surface area contributed by atoms with E-state index in [-0.39, 0.29) is 5.54 Å². The Labute approximate surface area is 121 Å². The van der Waals surface area contributed by atoms with Crippen molar-refractivity contribution < 1.29 is 4.74 Å². The lowest BCUT2D eigenvalue weighted by Crippen LogP contribution is -2.35. The number of halogens is 1. The second kappa shape index (κ2) is 6.97. The minimum atomic E-state index is 0.0451. The van der Waals surface area contributed by atoms with Crippen molar-refractivity contribution in [3.8, 4) is 5.75 Å². The fraction of sp³-hybridized carbons (Fsp3) is 0.500. The predicted molar refractivity (Wildman–Crippen MR) is 83.0 cm³/mol. The van der Waals surface area contributed by atoms with E-state index < -0.39 is 0 Å². The summed E-state index contributed by atoms with van der Waals surface area (Å²) in [5.74, 6) is 0.832. The van der Waals surface area contributed by atoms with E-state index in [0.717, 1.165) is 28.3 Å². The number of benzene rings is 1. The fourth-order valence-electron chi connectivity index (χ4n) is 1.48. The van der Waals surface area contributed by atoms with Crippen LogP contribution in [0.15, 0.2) is 30.4 Å². The van der Waals surface area contributed by atoms with Gasteiger partial charge in [-0.25, -0.2) is 0 Å². The van der Waals surface area contributed by atoms with Gasteiger partial charge in [-0.15, -0.1) is 0 Å². The molecule has 1 aromatic rings. The maximum Gasteiger partial charge on any atom is 0.125 e. The van der Waals surface area contributed by atoms with E-state index in [9.17, 15) is 0 Å². The highest BCUT2D eigenvalue weighted by molar-refractivity contribution is 6.31. The highest BCUT2D eigenvalue weighted by Gasteiger charge is 2.13. The Morgan fingerprint density at radius 3 is 2.63 bits per heavy atom. The highest BCUT2D eigenvalue weighted by atomic mass is 35.5. The van der Waals surface area contributed by atoms with Crippen LogP contribution >= 0.6 is 11.6 Å². The molecule has 0 unspecified atom stereocenters. The molecule has 0 aliphatic heterocycles. The third kappa shape index (κ3) is 5.66. The Kier molecular flexibility index (Phi) is 5.89. The van der Waals surface area contributed by atoms with Crippen LogP contribution in [0.1, 0.15) is 39.7 Å². The van der Waals surface area contributed by atoms with Crippen LogP contribution in [0.4, 0.5) is 0 Å². The first-order chi connectivity index (χ1) is 8.83. The monoisotopic (exact) mass is 281 g/mol. The van der Waals surface area contributed by atoms with Crippen molar-refractivity contribution in [2.45, 2.75) is 46.2 Å². The topological polar surface area (TPSA) is 21.3 Å². The summed E-state index contributed by atoms with van der Waals surface area (Å²) in [6, 6.07) is 5.75. The number of hydrogen-bond acceptors (Lipinski definition) is 2. The Morgan fingerprint density at radius 2 is 2.05 bits per heavy atom. The van der Waals surface area contributed by atoms with Crippen LogP contribution in [0, 0.1) is 0 Å². The molecule has 0 saturated carbocycles. The summed E-state index contributed by atoms with van der Waals surface area (Å²) in [4.78, 5) is 0.